The van der Waals surface area contributed by atoms with Crippen molar-refractivity contribution in [2.75, 3.05) is 24.9 Å². The standard InChI is InChI=1S/C31H36ClFN4O4S/c1-35(2)42(40,41)37(28-17-15-26(33)16-18-28)22-30(38)36(21-24-11-8-12-25(32)19-24)29(20-23-9-4-3-5-10-23)31(39)34-27-13-6-7-14-27/h3-5,8-12,15-19,27,29H,6-7,13-14,20-22H2,1-2H3,(H,34,39)/t29-/m1/s1. The van der Waals surface area contributed by atoms with Crippen LogP contribution in [0.5, 0.6) is 0 Å². The topological polar surface area (TPSA) is 90.0 Å². The number of anilines is 1. The van der Waals surface area contributed by atoms with Crippen molar-refractivity contribution in [2.24, 2.45) is 0 Å². The zero-order valence-corrected chi connectivity index (χ0v) is 25.3. The zero-order valence-electron chi connectivity index (χ0n) is 23.7. The lowest BCUT2D eigenvalue weighted by atomic mass is 10.0. The van der Waals surface area contributed by atoms with E-state index in [4.69, 9.17) is 11.6 Å². The Kier molecular flexibility index (Phi) is 10.6. The monoisotopic (exact) mass is 614 g/mol. The Bertz CT molecular complexity index is 1470. The van der Waals surface area contributed by atoms with Gasteiger partial charge in [0.05, 0.1) is 5.69 Å². The van der Waals surface area contributed by atoms with E-state index in [0.29, 0.717) is 10.6 Å². The first-order chi connectivity index (χ1) is 20.0. The number of amides is 2. The molecule has 0 bridgehead atoms. The minimum atomic E-state index is -4.16. The van der Waals surface area contributed by atoms with Crippen molar-refractivity contribution in [3.8, 4) is 0 Å². The third kappa shape index (κ3) is 8.08. The first kappa shape index (κ1) is 31.5. The summed E-state index contributed by atoms with van der Waals surface area (Å²) in [6.07, 6.45) is 4.00. The molecule has 1 N–H and O–H groups in total. The maximum Gasteiger partial charge on any atom is 0.304 e. The molecule has 1 aliphatic rings. The Labute approximate surface area is 252 Å². The second-order valence-electron chi connectivity index (χ2n) is 10.6. The molecule has 0 aliphatic heterocycles. The van der Waals surface area contributed by atoms with Crippen molar-refractivity contribution in [1.82, 2.24) is 14.5 Å². The second kappa shape index (κ2) is 14.1. The van der Waals surface area contributed by atoms with Gasteiger partial charge in [0.25, 0.3) is 0 Å². The van der Waals surface area contributed by atoms with Gasteiger partial charge >= 0.3 is 10.2 Å². The van der Waals surface area contributed by atoms with Gasteiger partial charge in [0.1, 0.15) is 18.4 Å². The van der Waals surface area contributed by atoms with Crippen molar-refractivity contribution in [3.63, 3.8) is 0 Å². The lowest BCUT2D eigenvalue weighted by Gasteiger charge is -2.35. The van der Waals surface area contributed by atoms with Crippen molar-refractivity contribution >= 4 is 39.3 Å². The Morgan fingerprint density at radius 3 is 2.21 bits per heavy atom. The number of benzene rings is 3. The lowest BCUT2D eigenvalue weighted by Crippen LogP contribution is -2.55. The summed E-state index contributed by atoms with van der Waals surface area (Å²) in [7, 11) is -1.45. The van der Waals surface area contributed by atoms with E-state index in [1.807, 2.05) is 30.3 Å². The van der Waals surface area contributed by atoms with E-state index in [1.165, 1.54) is 31.1 Å². The van der Waals surface area contributed by atoms with Gasteiger partial charge in [-0.3, -0.25) is 9.59 Å². The molecule has 0 radical (unpaired) electrons. The fraction of sp³-hybridized carbons (Fsp3) is 0.355. The molecule has 224 valence electrons. The molecule has 2 amide bonds. The largest absolute Gasteiger partial charge is 0.352 e. The minimum Gasteiger partial charge on any atom is -0.352 e. The van der Waals surface area contributed by atoms with Gasteiger partial charge in [-0.2, -0.15) is 12.7 Å². The Morgan fingerprint density at radius 1 is 0.952 bits per heavy atom. The number of carbonyl (C=O) groups excluding carboxylic acids is 2. The fourth-order valence-corrected chi connectivity index (χ4v) is 6.35. The van der Waals surface area contributed by atoms with Crippen LogP contribution < -0.4 is 9.62 Å². The molecule has 0 heterocycles. The fourth-order valence-electron chi connectivity index (χ4n) is 5.08. The number of hydrogen-bond acceptors (Lipinski definition) is 4. The summed E-state index contributed by atoms with van der Waals surface area (Å²) in [4.78, 5) is 29.6. The first-order valence-corrected chi connectivity index (χ1v) is 15.7. The molecule has 0 spiro atoms. The van der Waals surface area contributed by atoms with Crippen molar-refractivity contribution in [1.29, 1.82) is 0 Å². The number of halogens is 2. The highest BCUT2D eigenvalue weighted by molar-refractivity contribution is 7.90. The van der Waals surface area contributed by atoms with Gasteiger partial charge in [-0.05, 0) is 60.4 Å². The van der Waals surface area contributed by atoms with Gasteiger partial charge in [0.2, 0.25) is 11.8 Å². The maximum atomic E-state index is 14.2. The van der Waals surface area contributed by atoms with Crippen LogP contribution in [-0.2, 0) is 32.8 Å². The highest BCUT2D eigenvalue weighted by Gasteiger charge is 2.35. The number of nitrogens with zero attached hydrogens (tertiary/aromatic N) is 3. The van der Waals surface area contributed by atoms with E-state index in [0.717, 1.165) is 52.0 Å². The average molecular weight is 615 g/mol. The highest BCUT2D eigenvalue weighted by Crippen LogP contribution is 2.24. The van der Waals surface area contributed by atoms with Crippen molar-refractivity contribution in [3.05, 3.63) is 101 Å². The van der Waals surface area contributed by atoms with Gasteiger partial charge in [0, 0.05) is 38.1 Å². The van der Waals surface area contributed by atoms with E-state index in [-0.39, 0.29) is 30.6 Å². The van der Waals surface area contributed by atoms with Crippen LogP contribution in [0.2, 0.25) is 5.02 Å². The molecule has 4 rings (SSSR count). The first-order valence-electron chi connectivity index (χ1n) is 13.9. The number of hydrogen-bond donors (Lipinski definition) is 1. The third-order valence-corrected chi connectivity index (χ3v) is 9.40. The molecule has 1 fully saturated rings. The smallest absolute Gasteiger partial charge is 0.304 e. The Morgan fingerprint density at radius 2 is 1.60 bits per heavy atom. The number of carbonyl (C=O) groups is 2. The number of nitrogens with one attached hydrogen (secondary N) is 1. The molecule has 1 atom stereocenters. The number of rotatable bonds is 12. The molecular weight excluding hydrogens is 579 g/mol. The molecular formula is C31H36ClFN4O4S. The summed E-state index contributed by atoms with van der Waals surface area (Å²) >= 11 is 6.26. The maximum absolute atomic E-state index is 14.2. The van der Waals surface area contributed by atoms with Crippen LogP contribution in [0.4, 0.5) is 10.1 Å². The van der Waals surface area contributed by atoms with Crippen LogP contribution in [0.3, 0.4) is 0 Å². The van der Waals surface area contributed by atoms with Crippen LogP contribution in [0, 0.1) is 5.82 Å². The van der Waals surface area contributed by atoms with E-state index >= 15 is 0 Å². The minimum absolute atomic E-state index is 0.0173. The Balaban J connectivity index is 1.75. The molecule has 3 aromatic carbocycles. The summed E-state index contributed by atoms with van der Waals surface area (Å²) in [5.41, 5.74) is 1.66. The van der Waals surface area contributed by atoms with Crippen LogP contribution in [0.15, 0.2) is 78.9 Å². The van der Waals surface area contributed by atoms with E-state index in [2.05, 4.69) is 5.32 Å². The molecule has 3 aromatic rings. The third-order valence-electron chi connectivity index (χ3n) is 7.35. The van der Waals surface area contributed by atoms with Gasteiger partial charge in [0.15, 0.2) is 0 Å². The second-order valence-corrected chi connectivity index (χ2v) is 13.1. The Hall–Kier alpha value is -3.47. The zero-order chi connectivity index (χ0) is 30.3. The van der Waals surface area contributed by atoms with E-state index < -0.39 is 34.5 Å². The SMILES string of the molecule is CN(C)S(=O)(=O)N(CC(=O)N(Cc1cccc(Cl)c1)[C@H](Cc1ccccc1)C(=O)NC1CCCC1)c1ccc(F)cc1. The van der Waals surface area contributed by atoms with Crippen molar-refractivity contribution < 1.29 is 22.4 Å². The van der Waals surface area contributed by atoms with Crippen LogP contribution in [0.25, 0.3) is 0 Å². The molecule has 1 saturated carbocycles. The molecule has 0 unspecified atom stereocenters. The van der Waals surface area contributed by atoms with Crippen LogP contribution >= 0.6 is 11.6 Å². The van der Waals surface area contributed by atoms with Crippen LogP contribution in [-0.4, -0.2) is 62.2 Å². The molecule has 11 heteroatoms. The van der Waals surface area contributed by atoms with E-state index in [9.17, 15) is 22.4 Å². The lowest BCUT2D eigenvalue weighted by molar-refractivity contribution is -0.140. The predicted molar refractivity (Wildman–Crippen MR) is 163 cm³/mol. The van der Waals surface area contributed by atoms with Crippen LogP contribution in [0.1, 0.15) is 36.8 Å². The van der Waals surface area contributed by atoms with Gasteiger partial charge in [-0.15, -0.1) is 0 Å². The predicted octanol–water partition coefficient (Wildman–Crippen LogP) is 4.79. The molecule has 0 saturated heterocycles. The molecule has 8 nitrogen and oxygen atoms in total. The normalized spacial score (nSPS) is 14.5. The van der Waals surface area contributed by atoms with Gasteiger partial charge < -0.3 is 10.2 Å². The molecule has 42 heavy (non-hydrogen) atoms. The molecule has 0 aromatic heterocycles. The quantitative estimate of drug-likeness (QED) is 0.318. The summed E-state index contributed by atoms with van der Waals surface area (Å²) in [5, 5.41) is 3.60. The summed E-state index contributed by atoms with van der Waals surface area (Å²) in [6.45, 7) is -0.580. The van der Waals surface area contributed by atoms with Gasteiger partial charge in [-0.1, -0.05) is 66.9 Å². The van der Waals surface area contributed by atoms with Crippen molar-refractivity contribution in [2.45, 2.75) is 50.7 Å². The summed E-state index contributed by atoms with van der Waals surface area (Å²) in [5.74, 6) is -1.43. The summed E-state index contributed by atoms with van der Waals surface area (Å²) in [6, 6.07) is 20.3. The molecule has 1 aliphatic carbocycles. The summed E-state index contributed by atoms with van der Waals surface area (Å²) < 4.78 is 42.4. The highest BCUT2D eigenvalue weighted by atomic mass is 35.5. The van der Waals surface area contributed by atoms with Gasteiger partial charge in [-0.25, -0.2) is 8.70 Å². The van der Waals surface area contributed by atoms with E-state index in [1.54, 1.807) is 24.3 Å². The average Bonchev–Trinajstić information content (AvgIpc) is 3.47.